The second-order valence-corrected chi connectivity index (χ2v) is 4.61. The zero-order chi connectivity index (χ0) is 12.4. The van der Waals surface area contributed by atoms with Gasteiger partial charge in [0.1, 0.15) is 0 Å². The van der Waals surface area contributed by atoms with Crippen LogP contribution in [0.5, 0.6) is 0 Å². The minimum Gasteiger partial charge on any atom is -0.481 e. The topological polar surface area (TPSA) is 55.1 Å². The van der Waals surface area contributed by atoms with Crippen LogP contribution in [0.1, 0.15) is 11.3 Å². The minimum atomic E-state index is -0.875. The summed E-state index contributed by atoms with van der Waals surface area (Å²) in [6.07, 6.45) is 1.70. The first-order valence-electron chi connectivity index (χ1n) is 5.09. The third-order valence-electron chi connectivity index (χ3n) is 2.40. The molecule has 1 aromatic heterocycles. The van der Waals surface area contributed by atoms with Crippen molar-refractivity contribution in [2.45, 2.75) is 13.3 Å². The molecule has 0 atom stereocenters. The molecule has 88 valence electrons. The highest BCUT2D eigenvalue weighted by Gasteiger charge is 2.06. The third kappa shape index (κ3) is 2.74. The normalized spacial score (nSPS) is 10.5. The van der Waals surface area contributed by atoms with E-state index in [0.29, 0.717) is 5.69 Å². The number of benzene rings is 1. The van der Waals surface area contributed by atoms with Gasteiger partial charge in [0.2, 0.25) is 0 Å². The van der Waals surface area contributed by atoms with E-state index >= 15 is 0 Å². The van der Waals surface area contributed by atoms with Crippen molar-refractivity contribution in [1.82, 2.24) is 9.78 Å². The molecule has 0 radical (unpaired) electrons. The molecular formula is C12H11BrN2O2. The Morgan fingerprint density at radius 1 is 1.47 bits per heavy atom. The molecule has 0 saturated heterocycles. The summed E-state index contributed by atoms with van der Waals surface area (Å²) < 4.78 is 2.67. The van der Waals surface area contributed by atoms with Gasteiger partial charge in [-0.1, -0.05) is 22.0 Å². The fourth-order valence-electron chi connectivity index (χ4n) is 1.48. The largest absolute Gasteiger partial charge is 0.481 e. The highest BCUT2D eigenvalue weighted by atomic mass is 79.9. The molecule has 5 heteroatoms. The Morgan fingerprint density at radius 3 is 2.88 bits per heavy atom. The summed E-state index contributed by atoms with van der Waals surface area (Å²) in [6.45, 7) is 2.01. The Balaban J connectivity index is 2.30. The maximum absolute atomic E-state index is 10.6. The predicted octanol–water partition coefficient (Wildman–Crippen LogP) is 2.57. The van der Waals surface area contributed by atoms with E-state index in [1.807, 2.05) is 25.1 Å². The Kier molecular flexibility index (Phi) is 3.28. The lowest BCUT2D eigenvalue weighted by molar-refractivity contribution is -0.136. The fraction of sp³-hybridized carbons (Fsp3) is 0.167. The zero-order valence-electron chi connectivity index (χ0n) is 9.22. The van der Waals surface area contributed by atoms with Crippen LogP contribution in [0.3, 0.4) is 0 Å². The number of carboxylic acids is 1. The molecule has 4 nitrogen and oxygen atoms in total. The van der Waals surface area contributed by atoms with Crippen molar-refractivity contribution in [2.75, 3.05) is 0 Å². The molecule has 2 rings (SSSR count). The van der Waals surface area contributed by atoms with Gasteiger partial charge in [-0.3, -0.25) is 4.79 Å². The maximum Gasteiger partial charge on any atom is 0.309 e. The summed E-state index contributed by atoms with van der Waals surface area (Å²) in [4.78, 5) is 10.6. The minimum absolute atomic E-state index is 0.0555. The van der Waals surface area contributed by atoms with Gasteiger partial charge in [-0.15, -0.1) is 0 Å². The second-order valence-electron chi connectivity index (χ2n) is 3.76. The molecule has 1 aromatic carbocycles. The second kappa shape index (κ2) is 4.71. The SMILES string of the molecule is Cc1ccc(-n2ccc(CC(=O)O)n2)cc1Br. The molecule has 0 aliphatic heterocycles. The van der Waals surface area contributed by atoms with Crippen LogP contribution in [-0.4, -0.2) is 20.9 Å². The Bertz CT molecular complexity index is 563. The van der Waals surface area contributed by atoms with Gasteiger partial charge in [0.05, 0.1) is 17.8 Å². The lowest BCUT2D eigenvalue weighted by Gasteiger charge is -2.03. The van der Waals surface area contributed by atoms with Crippen molar-refractivity contribution in [1.29, 1.82) is 0 Å². The first-order chi connectivity index (χ1) is 8.06. The number of hydrogen-bond acceptors (Lipinski definition) is 2. The first kappa shape index (κ1) is 11.9. The molecule has 0 saturated carbocycles. The monoisotopic (exact) mass is 294 g/mol. The van der Waals surface area contributed by atoms with Gasteiger partial charge in [-0.05, 0) is 30.7 Å². The number of hydrogen-bond donors (Lipinski definition) is 1. The average Bonchev–Trinajstić information content (AvgIpc) is 2.69. The Hall–Kier alpha value is -1.62. The van der Waals surface area contributed by atoms with E-state index in [1.54, 1.807) is 16.9 Å². The molecule has 0 aliphatic carbocycles. The Morgan fingerprint density at radius 2 is 2.24 bits per heavy atom. The zero-order valence-corrected chi connectivity index (χ0v) is 10.8. The van der Waals surface area contributed by atoms with Crippen molar-refractivity contribution in [3.05, 3.63) is 46.2 Å². The van der Waals surface area contributed by atoms with Crippen LogP contribution in [0.15, 0.2) is 34.9 Å². The number of halogens is 1. The van der Waals surface area contributed by atoms with E-state index in [9.17, 15) is 4.79 Å². The Labute approximate surface area is 107 Å². The standard InChI is InChI=1S/C12H11BrN2O2/c1-8-2-3-10(7-11(8)13)15-5-4-9(14-15)6-12(16)17/h2-5,7H,6H2,1H3,(H,16,17). The number of aliphatic carboxylic acids is 1. The van der Waals surface area contributed by atoms with E-state index in [2.05, 4.69) is 21.0 Å². The molecule has 17 heavy (non-hydrogen) atoms. The van der Waals surface area contributed by atoms with E-state index in [0.717, 1.165) is 15.7 Å². The van der Waals surface area contributed by atoms with E-state index in [1.165, 1.54) is 0 Å². The van der Waals surface area contributed by atoms with Gasteiger partial charge in [0.25, 0.3) is 0 Å². The van der Waals surface area contributed by atoms with Crippen molar-refractivity contribution in [3.63, 3.8) is 0 Å². The maximum atomic E-state index is 10.6. The van der Waals surface area contributed by atoms with Gasteiger partial charge in [-0.2, -0.15) is 5.10 Å². The lowest BCUT2D eigenvalue weighted by Crippen LogP contribution is -2.02. The number of rotatable bonds is 3. The van der Waals surface area contributed by atoms with E-state index in [-0.39, 0.29) is 6.42 Å². The van der Waals surface area contributed by atoms with Gasteiger partial charge >= 0.3 is 5.97 Å². The molecule has 0 fully saturated rings. The summed E-state index contributed by atoms with van der Waals surface area (Å²) >= 11 is 3.46. The van der Waals surface area contributed by atoms with Gasteiger partial charge in [-0.25, -0.2) is 4.68 Å². The van der Waals surface area contributed by atoms with Crippen LogP contribution < -0.4 is 0 Å². The van der Waals surface area contributed by atoms with Crippen LogP contribution in [0.25, 0.3) is 5.69 Å². The highest BCUT2D eigenvalue weighted by molar-refractivity contribution is 9.10. The van der Waals surface area contributed by atoms with E-state index < -0.39 is 5.97 Å². The quantitative estimate of drug-likeness (QED) is 0.947. The lowest BCUT2D eigenvalue weighted by atomic mass is 10.2. The summed E-state index contributed by atoms with van der Waals surface area (Å²) in [5.74, 6) is -0.875. The number of aromatic nitrogens is 2. The number of nitrogens with zero attached hydrogens (tertiary/aromatic N) is 2. The van der Waals surface area contributed by atoms with Crippen molar-refractivity contribution < 1.29 is 9.90 Å². The van der Waals surface area contributed by atoms with Gasteiger partial charge in [0.15, 0.2) is 0 Å². The molecule has 1 heterocycles. The highest BCUT2D eigenvalue weighted by Crippen LogP contribution is 2.19. The molecule has 0 spiro atoms. The first-order valence-corrected chi connectivity index (χ1v) is 5.88. The van der Waals surface area contributed by atoms with Crippen LogP contribution >= 0.6 is 15.9 Å². The van der Waals surface area contributed by atoms with Gasteiger partial charge < -0.3 is 5.11 Å². The number of aryl methyl sites for hydroxylation is 1. The molecule has 2 aromatic rings. The molecule has 0 amide bonds. The number of carbonyl (C=O) groups is 1. The molecular weight excluding hydrogens is 284 g/mol. The van der Waals surface area contributed by atoms with Crippen molar-refractivity contribution >= 4 is 21.9 Å². The summed E-state index contributed by atoms with van der Waals surface area (Å²) in [6, 6.07) is 7.59. The predicted molar refractivity (Wildman–Crippen MR) is 67.3 cm³/mol. The number of carboxylic acid groups (broad SMARTS) is 1. The van der Waals surface area contributed by atoms with Crippen LogP contribution in [0.2, 0.25) is 0 Å². The van der Waals surface area contributed by atoms with Crippen LogP contribution in [-0.2, 0) is 11.2 Å². The fourth-order valence-corrected chi connectivity index (χ4v) is 1.85. The molecule has 0 unspecified atom stereocenters. The summed E-state index contributed by atoms with van der Waals surface area (Å²) in [5, 5.41) is 12.9. The molecule has 0 aliphatic rings. The smallest absolute Gasteiger partial charge is 0.309 e. The third-order valence-corrected chi connectivity index (χ3v) is 3.25. The summed E-state index contributed by atoms with van der Waals surface area (Å²) in [5.41, 5.74) is 2.60. The molecule has 0 bridgehead atoms. The van der Waals surface area contributed by atoms with Crippen molar-refractivity contribution in [3.8, 4) is 5.69 Å². The van der Waals surface area contributed by atoms with Gasteiger partial charge in [0, 0.05) is 10.7 Å². The van der Waals surface area contributed by atoms with Crippen LogP contribution in [0, 0.1) is 6.92 Å². The summed E-state index contributed by atoms with van der Waals surface area (Å²) in [7, 11) is 0. The average molecular weight is 295 g/mol. The van der Waals surface area contributed by atoms with Crippen LogP contribution in [0.4, 0.5) is 0 Å². The van der Waals surface area contributed by atoms with E-state index in [4.69, 9.17) is 5.11 Å². The molecule has 1 N–H and O–H groups in total. The van der Waals surface area contributed by atoms with Crippen molar-refractivity contribution in [2.24, 2.45) is 0 Å².